The van der Waals surface area contributed by atoms with Gasteiger partial charge in [-0.25, -0.2) is 0 Å². The van der Waals surface area contributed by atoms with Gasteiger partial charge in [-0.1, -0.05) is 27.7 Å². The lowest BCUT2D eigenvalue weighted by Gasteiger charge is -2.29. The molecule has 8 nitrogen and oxygen atoms in total. The number of ketones is 1. The minimum atomic E-state index is -0.644. The van der Waals surface area contributed by atoms with Gasteiger partial charge in [0.2, 0.25) is 17.7 Å². The van der Waals surface area contributed by atoms with E-state index >= 15 is 0 Å². The van der Waals surface area contributed by atoms with Crippen molar-refractivity contribution in [2.24, 2.45) is 17.6 Å². The van der Waals surface area contributed by atoms with Crippen LogP contribution in [0, 0.1) is 11.8 Å². The number of nitrogens with two attached hydrogens (primary N) is 1. The Morgan fingerprint density at radius 1 is 1.07 bits per heavy atom. The van der Waals surface area contributed by atoms with Gasteiger partial charge in [0, 0.05) is 13.5 Å². The third-order valence-corrected chi connectivity index (χ3v) is 5.74. The molecule has 0 radical (unpaired) electrons. The number of amides is 3. The van der Waals surface area contributed by atoms with Crippen LogP contribution in [0.15, 0.2) is 0 Å². The Balaban J connectivity index is 2.13. The van der Waals surface area contributed by atoms with Crippen molar-refractivity contribution in [1.82, 2.24) is 15.1 Å². The number of Topliss-reactive ketones (excluding diaryl/α,β-unsaturated/α-hetero) is 1. The van der Waals surface area contributed by atoms with Crippen molar-refractivity contribution in [1.29, 1.82) is 0 Å². The molecule has 3 N–H and O–H groups in total. The molecular weight excluding hydrogens is 372 g/mol. The van der Waals surface area contributed by atoms with Gasteiger partial charge in [-0.3, -0.25) is 19.2 Å². The van der Waals surface area contributed by atoms with Gasteiger partial charge in [0.05, 0.1) is 18.6 Å². The third-order valence-electron chi connectivity index (χ3n) is 5.74. The van der Waals surface area contributed by atoms with Gasteiger partial charge in [0.1, 0.15) is 12.1 Å². The van der Waals surface area contributed by atoms with Crippen molar-refractivity contribution in [3.63, 3.8) is 0 Å². The van der Waals surface area contributed by atoms with E-state index in [9.17, 15) is 19.2 Å². The van der Waals surface area contributed by atoms with E-state index in [0.29, 0.717) is 31.7 Å². The highest BCUT2D eigenvalue weighted by Gasteiger charge is 2.52. The predicted molar refractivity (Wildman–Crippen MR) is 110 cm³/mol. The fourth-order valence-corrected chi connectivity index (χ4v) is 4.38. The molecule has 2 saturated heterocycles. The number of carbonyl (C=O) groups is 4. The summed E-state index contributed by atoms with van der Waals surface area (Å²) in [6.45, 7) is 9.92. The van der Waals surface area contributed by atoms with E-state index in [2.05, 4.69) is 19.2 Å². The molecule has 0 bridgehead atoms. The summed E-state index contributed by atoms with van der Waals surface area (Å²) in [6, 6.07) is -2.23. The van der Waals surface area contributed by atoms with Gasteiger partial charge in [-0.15, -0.1) is 0 Å². The summed E-state index contributed by atoms with van der Waals surface area (Å²) in [5.74, 6) is -0.166. The second-order valence-corrected chi connectivity index (χ2v) is 9.23. The van der Waals surface area contributed by atoms with Crippen LogP contribution in [0.5, 0.6) is 0 Å². The lowest BCUT2D eigenvalue weighted by atomic mass is 10.0. The number of hydrogen-bond donors (Lipinski definition) is 2. The largest absolute Gasteiger partial charge is 0.345 e. The van der Waals surface area contributed by atoms with Crippen molar-refractivity contribution in [3.8, 4) is 0 Å². The average Bonchev–Trinajstić information content (AvgIpc) is 3.18. The molecule has 2 rings (SSSR count). The van der Waals surface area contributed by atoms with Crippen molar-refractivity contribution >= 4 is 23.5 Å². The highest BCUT2D eigenvalue weighted by Crippen LogP contribution is 2.31. The molecule has 164 valence electrons. The summed E-state index contributed by atoms with van der Waals surface area (Å²) in [5, 5.41) is 2.74. The van der Waals surface area contributed by atoms with Gasteiger partial charge in [0.25, 0.3) is 0 Å². The van der Waals surface area contributed by atoms with Gasteiger partial charge in [0.15, 0.2) is 5.78 Å². The Morgan fingerprint density at radius 2 is 1.72 bits per heavy atom. The van der Waals surface area contributed by atoms with Crippen LogP contribution in [0.3, 0.4) is 0 Å². The minimum Gasteiger partial charge on any atom is -0.345 e. The number of nitrogens with one attached hydrogen (secondary N) is 1. The number of rotatable bonds is 8. The molecular formula is C21H36N4O4. The third kappa shape index (κ3) is 5.56. The molecule has 0 aromatic heterocycles. The molecule has 3 amide bonds. The normalized spacial score (nSPS) is 23.5. The fourth-order valence-electron chi connectivity index (χ4n) is 4.38. The number of hydrogen-bond acceptors (Lipinski definition) is 5. The van der Waals surface area contributed by atoms with E-state index in [1.165, 1.54) is 6.92 Å². The van der Waals surface area contributed by atoms with Crippen LogP contribution in [0.2, 0.25) is 0 Å². The second-order valence-electron chi connectivity index (χ2n) is 9.23. The molecule has 8 heteroatoms. The summed E-state index contributed by atoms with van der Waals surface area (Å²) in [6.07, 6.45) is 2.43. The SMILES string of the molecule is CC(=O)NC(CCC(C)C)C(=O)N1CC(=O)C2C1CCN2C(=O)C(N)CC(C)C. The molecule has 4 atom stereocenters. The number of likely N-dealkylation sites (tertiary alicyclic amines) is 2. The van der Waals surface area contributed by atoms with Crippen molar-refractivity contribution in [2.75, 3.05) is 13.1 Å². The molecule has 2 aliphatic heterocycles. The predicted octanol–water partition coefficient (Wildman–Crippen LogP) is 0.682. The first-order valence-corrected chi connectivity index (χ1v) is 10.7. The maximum absolute atomic E-state index is 13.2. The molecule has 2 heterocycles. The molecule has 0 aromatic carbocycles. The van der Waals surface area contributed by atoms with Crippen LogP contribution in [0.1, 0.15) is 60.3 Å². The quantitative estimate of drug-likeness (QED) is 0.613. The van der Waals surface area contributed by atoms with Crippen molar-refractivity contribution in [2.45, 2.75) is 84.5 Å². The first-order valence-electron chi connectivity index (χ1n) is 10.7. The second kappa shape index (κ2) is 9.69. The Hall–Kier alpha value is -1.96. The van der Waals surface area contributed by atoms with E-state index < -0.39 is 18.1 Å². The average molecular weight is 409 g/mol. The molecule has 0 saturated carbocycles. The molecule has 4 unspecified atom stereocenters. The molecule has 0 aromatic rings. The van der Waals surface area contributed by atoms with Crippen LogP contribution in [0.4, 0.5) is 0 Å². The Labute approximate surface area is 173 Å². The molecule has 0 aliphatic carbocycles. The Morgan fingerprint density at radius 3 is 2.28 bits per heavy atom. The van der Waals surface area contributed by atoms with Crippen LogP contribution in [0.25, 0.3) is 0 Å². The Bertz CT molecular complexity index is 649. The van der Waals surface area contributed by atoms with Crippen LogP contribution < -0.4 is 11.1 Å². The van der Waals surface area contributed by atoms with Gasteiger partial charge in [-0.05, 0) is 37.5 Å². The standard InChI is InChI=1S/C21H36N4O4/c1-12(2)6-7-16(23-14(5)26)21(29)25-11-18(27)19-17(25)8-9-24(19)20(28)15(22)10-13(3)4/h12-13,15-17,19H,6-11,22H2,1-5H3,(H,23,26). The van der Waals surface area contributed by atoms with E-state index in [0.717, 1.165) is 6.42 Å². The van der Waals surface area contributed by atoms with Gasteiger partial charge < -0.3 is 20.9 Å². The van der Waals surface area contributed by atoms with E-state index in [1.807, 2.05) is 13.8 Å². The maximum atomic E-state index is 13.2. The maximum Gasteiger partial charge on any atom is 0.245 e. The van der Waals surface area contributed by atoms with E-state index in [4.69, 9.17) is 5.73 Å². The van der Waals surface area contributed by atoms with Gasteiger partial charge >= 0.3 is 0 Å². The number of carbonyl (C=O) groups excluding carboxylic acids is 4. The summed E-state index contributed by atoms with van der Waals surface area (Å²) in [7, 11) is 0. The summed E-state index contributed by atoms with van der Waals surface area (Å²) < 4.78 is 0. The van der Waals surface area contributed by atoms with Gasteiger partial charge in [-0.2, -0.15) is 0 Å². The van der Waals surface area contributed by atoms with Crippen LogP contribution >= 0.6 is 0 Å². The summed E-state index contributed by atoms with van der Waals surface area (Å²) in [5.41, 5.74) is 6.06. The number of fused-ring (bicyclic) bond motifs is 1. The Kier molecular flexibility index (Phi) is 7.80. The smallest absolute Gasteiger partial charge is 0.245 e. The minimum absolute atomic E-state index is 0.0187. The number of nitrogens with zero attached hydrogens (tertiary/aromatic N) is 2. The molecule has 0 spiro atoms. The zero-order chi connectivity index (χ0) is 21.9. The van der Waals surface area contributed by atoms with E-state index in [-0.39, 0.29) is 42.0 Å². The molecule has 2 aliphatic rings. The monoisotopic (exact) mass is 408 g/mol. The van der Waals surface area contributed by atoms with Crippen molar-refractivity contribution < 1.29 is 19.2 Å². The highest BCUT2D eigenvalue weighted by molar-refractivity contribution is 5.99. The molecule has 2 fully saturated rings. The fraction of sp³-hybridized carbons (Fsp3) is 0.810. The summed E-state index contributed by atoms with van der Waals surface area (Å²) >= 11 is 0. The summed E-state index contributed by atoms with van der Waals surface area (Å²) in [4.78, 5) is 53.4. The first kappa shape index (κ1) is 23.3. The van der Waals surface area contributed by atoms with E-state index in [1.54, 1.807) is 9.80 Å². The zero-order valence-corrected chi connectivity index (χ0v) is 18.3. The molecule has 29 heavy (non-hydrogen) atoms. The lowest BCUT2D eigenvalue weighted by Crippen LogP contribution is -2.52. The highest BCUT2D eigenvalue weighted by atomic mass is 16.2. The van der Waals surface area contributed by atoms with Crippen molar-refractivity contribution in [3.05, 3.63) is 0 Å². The van der Waals surface area contributed by atoms with Crippen LogP contribution in [-0.4, -0.2) is 70.6 Å². The topological polar surface area (TPSA) is 113 Å². The lowest BCUT2D eigenvalue weighted by molar-refractivity contribution is -0.137. The first-order chi connectivity index (χ1) is 13.5. The van der Waals surface area contributed by atoms with Crippen LogP contribution in [-0.2, 0) is 19.2 Å². The zero-order valence-electron chi connectivity index (χ0n) is 18.3.